The number of carboxylic acid groups (broad SMARTS) is 1. The Morgan fingerprint density at radius 1 is 1.23 bits per heavy atom. The number of methoxy groups -OCH3 is 2. The van der Waals surface area contributed by atoms with Crippen molar-refractivity contribution >= 4 is 5.97 Å². The van der Waals surface area contributed by atoms with Crippen molar-refractivity contribution in [2.24, 2.45) is 5.92 Å². The van der Waals surface area contributed by atoms with Gasteiger partial charge in [-0.15, -0.1) is 0 Å². The molecule has 0 spiro atoms. The van der Waals surface area contributed by atoms with Crippen molar-refractivity contribution in [3.05, 3.63) is 45.7 Å². The van der Waals surface area contributed by atoms with Crippen LogP contribution in [0.3, 0.4) is 0 Å². The Kier molecular flexibility index (Phi) is 4.76. The largest absolute Gasteiger partial charge is 0.493 e. The molecular weight excluding hydrogens is 334 g/mol. The number of hydrogen-bond acceptors (Lipinski definition) is 4. The number of pyridine rings is 1. The Balaban J connectivity index is 2.26. The van der Waals surface area contributed by atoms with E-state index in [2.05, 4.69) is 13.8 Å². The lowest BCUT2D eigenvalue weighted by Gasteiger charge is -2.32. The minimum absolute atomic E-state index is 0.0781. The van der Waals surface area contributed by atoms with E-state index in [0.29, 0.717) is 23.1 Å². The van der Waals surface area contributed by atoms with Crippen molar-refractivity contribution in [1.29, 1.82) is 0 Å². The van der Waals surface area contributed by atoms with Gasteiger partial charge < -0.3 is 19.1 Å². The molecule has 6 nitrogen and oxygen atoms in total. The van der Waals surface area contributed by atoms with E-state index < -0.39 is 11.4 Å². The Morgan fingerprint density at radius 2 is 1.88 bits per heavy atom. The normalized spacial score (nSPS) is 15.3. The van der Waals surface area contributed by atoms with Gasteiger partial charge in [-0.2, -0.15) is 0 Å². The molecule has 138 valence electrons. The van der Waals surface area contributed by atoms with Crippen LogP contribution in [-0.4, -0.2) is 29.9 Å². The number of nitrogens with zero attached hydrogens (tertiary/aromatic N) is 1. The van der Waals surface area contributed by atoms with Gasteiger partial charge in [0.15, 0.2) is 16.9 Å². The maximum atomic E-state index is 12.3. The average Bonchev–Trinajstić information content (AvgIpc) is 2.59. The number of hydrogen-bond donors (Lipinski definition) is 1. The summed E-state index contributed by atoms with van der Waals surface area (Å²) in [6.07, 6.45) is 3.10. The van der Waals surface area contributed by atoms with Crippen LogP contribution in [0.4, 0.5) is 0 Å². The summed E-state index contributed by atoms with van der Waals surface area (Å²) in [5, 5.41) is 9.33. The summed E-state index contributed by atoms with van der Waals surface area (Å²) in [6, 6.07) is 5.29. The first-order chi connectivity index (χ1) is 12.3. The molecule has 2 aromatic rings. The van der Waals surface area contributed by atoms with E-state index in [4.69, 9.17) is 9.47 Å². The molecule has 1 aromatic heterocycles. The first-order valence-electron chi connectivity index (χ1n) is 8.60. The van der Waals surface area contributed by atoms with Gasteiger partial charge in [0, 0.05) is 23.9 Å². The average molecular weight is 357 g/mol. The molecule has 26 heavy (non-hydrogen) atoms. The summed E-state index contributed by atoms with van der Waals surface area (Å²) in [5.74, 6) is 0.455. The summed E-state index contributed by atoms with van der Waals surface area (Å²) in [7, 11) is 3.16. The van der Waals surface area contributed by atoms with Gasteiger partial charge in [-0.05, 0) is 36.5 Å². The lowest BCUT2D eigenvalue weighted by Crippen LogP contribution is -2.26. The molecule has 0 unspecified atom stereocenters. The van der Waals surface area contributed by atoms with E-state index in [1.54, 1.807) is 14.2 Å². The van der Waals surface area contributed by atoms with Gasteiger partial charge in [-0.1, -0.05) is 13.8 Å². The van der Waals surface area contributed by atoms with E-state index in [-0.39, 0.29) is 11.6 Å². The number of fused-ring (bicyclic) bond motifs is 3. The Labute approximate surface area is 152 Å². The van der Waals surface area contributed by atoms with E-state index in [1.807, 2.05) is 16.7 Å². The summed E-state index contributed by atoms with van der Waals surface area (Å²) < 4.78 is 12.7. The highest BCUT2D eigenvalue weighted by Crippen LogP contribution is 2.42. The number of benzene rings is 1. The Bertz CT molecular complexity index is 913. The van der Waals surface area contributed by atoms with Gasteiger partial charge in [0.2, 0.25) is 0 Å². The van der Waals surface area contributed by atoms with Gasteiger partial charge in [0.1, 0.15) is 5.56 Å². The minimum Gasteiger partial charge on any atom is -0.493 e. The summed E-state index contributed by atoms with van der Waals surface area (Å²) in [4.78, 5) is 23.7. The van der Waals surface area contributed by atoms with E-state index in [1.165, 1.54) is 12.3 Å². The van der Waals surface area contributed by atoms with E-state index in [0.717, 1.165) is 24.0 Å². The number of carboxylic acids is 1. The lowest BCUT2D eigenvalue weighted by atomic mass is 9.88. The third kappa shape index (κ3) is 3.07. The van der Waals surface area contributed by atoms with Crippen molar-refractivity contribution in [2.45, 2.75) is 32.7 Å². The third-order valence-electron chi connectivity index (χ3n) is 4.79. The number of carbonyl (C=O) groups is 1. The van der Waals surface area contributed by atoms with Crippen molar-refractivity contribution in [2.75, 3.05) is 14.2 Å². The van der Waals surface area contributed by atoms with Crippen LogP contribution in [-0.2, 0) is 6.42 Å². The van der Waals surface area contributed by atoms with E-state index in [9.17, 15) is 14.7 Å². The molecule has 1 aliphatic heterocycles. The Hall–Kier alpha value is -2.76. The molecule has 2 heterocycles. The standard InChI is InChI=1S/C20H23NO5/c1-11(2)5-13-6-12-7-18(25-3)19(26-4)8-14(12)16-9-17(22)15(20(23)24)10-21(13)16/h7-11,13H,5-6H2,1-4H3,(H,23,24)/t13-/m0/s1. The predicted molar refractivity (Wildman–Crippen MR) is 98.4 cm³/mol. The molecule has 0 saturated carbocycles. The van der Waals surface area contributed by atoms with Crippen molar-refractivity contribution < 1.29 is 19.4 Å². The maximum absolute atomic E-state index is 12.3. The fourth-order valence-electron chi connectivity index (χ4n) is 3.65. The highest BCUT2D eigenvalue weighted by molar-refractivity contribution is 5.87. The fourth-order valence-corrected chi connectivity index (χ4v) is 3.65. The highest BCUT2D eigenvalue weighted by atomic mass is 16.5. The van der Waals surface area contributed by atoms with Crippen LogP contribution in [0.15, 0.2) is 29.2 Å². The quantitative estimate of drug-likeness (QED) is 0.888. The van der Waals surface area contributed by atoms with Crippen LogP contribution < -0.4 is 14.9 Å². The van der Waals surface area contributed by atoms with Crippen LogP contribution in [0.1, 0.15) is 42.2 Å². The number of aromatic carboxylic acids is 1. The SMILES string of the molecule is COc1cc2c(cc1OC)-c1cc(=O)c(C(=O)O)cn1[C@@H](CC(C)C)C2. The van der Waals surface area contributed by atoms with Gasteiger partial charge in [-0.3, -0.25) is 4.79 Å². The zero-order chi connectivity index (χ0) is 19.0. The molecule has 3 rings (SSSR count). The maximum Gasteiger partial charge on any atom is 0.341 e. The molecule has 0 fully saturated rings. The van der Waals surface area contributed by atoms with Crippen LogP contribution in [0.2, 0.25) is 0 Å². The fraction of sp³-hybridized carbons (Fsp3) is 0.400. The minimum atomic E-state index is -1.20. The second-order valence-corrected chi connectivity index (χ2v) is 7.00. The second kappa shape index (κ2) is 6.86. The zero-order valence-corrected chi connectivity index (χ0v) is 15.4. The molecule has 1 N–H and O–H groups in total. The smallest absolute Gasteiger partial charge is 0.341 e. The molecule has 0 bridgehead atoms. The molecule has 0 saturated heterocycles. The first-order valence-corrected chi connectivity index (χ1v) is 8.60. The number of ether oxygens (including phenoxy) is 2. The van der Waals surface area contributed by atoms with E-state index >= 15 is 0 Å². The van der Waals surface area contributed by atoms with Crippen LogP contribution in [0, 0.1) is 5.92 Å². The molecule has 1 atom stereocenters. The first kappa shape index (κ1) is 18.0. The van der Waals surface area contributed by atoms with Crippen LogP contribution in [0.25, 0.3) is 11.3 Å². The highest BCUT2D eigenvalue weighted by Gasteiger charge is 2.28. The predicted octanol–water partition coefficient (Wildman–Crippen LogP) is 3.37. The molecular formula is C20H23NO5. The summed E-state index contributed by atoms with van der Waals surface area (Å²) >= 11 is 0. The topological polar surface area (TPSA) is 77.8 Å². The van der Waals surface area contributed by atoms with Crippen molar-refractivity contribution in [3.8, 4) is 22.8 Å². The van der Waals surface area contributed by atoms with Gasteiger partial charge in [0.25, 0.3) is 0 Å². The van der Waals surface area contributed by atoms with Crippen LogP contribution in [0.5, 0.6) is 11.5 Å². The third-order valence-corrected chi connectivity index (χ3v) is 4.79. The molecule has 0 aliphatic carbocycles. The summed E-state index contributed by atoms with van der Waals surface area (Å²) in [6.45, 7) is 4.26. The molecule has 0 amide bonds. The number of aromatic nitrogens is 1. The van der Waals surface area contributed by atoms with Crippen molar-refractivity contribution in [1.82, 2.24) is 4.57 Å². The molecule has 0 radical (unpaired) electrons. The lowest BCUT2D eigenvalue weighted by molar-refractivity contribution is 0.0694. The number of rotatable bonds is 5. The zero-order valence-electron chi connectivity index (χ0n) is 15.4. The second-order valence-electron chi connectivity index (χ2n) is 7.00. The summed E-state index contributed by atoms with van der Waals surface area (Å²) in [5.41, 5.74) is 1.96. The monoisotopic (exact) mass is 357 g/mol. The van der Waals surface area contributed by atoms with Gasteiger partial charge in [0.05, 0.1) is 19.9 Å². The molecule has 6 heteroatoms. The van der Waals surface area contributed by atoms with Crippen LogP contribution >= 0.6 is 0 Å². The Morgan fingerprint density at radius 3 is 2.46 bits per heavy atom. The molecule has 1 aromatic carbocycles. The van der Waals surface area contributed by atoms with Gasteiger partial charge >= 0.3 is 5.97 Å². The van der Waals surface area contributed by atoms with Gasteiger partial charge in [-0.25, -0.2) is 4.79 Å². The molecule has 1 aliphatic rings. The van der Waals surface area contributed by atoms with Crippen molar-refractivity contribution in [3.63, 3.8) is 0 Å².